The standard InChI is InChI=1S/C18H19F2N3O/c1-18(2,3)10-23-15-8-7-14(21-16(15)22(4)17(23)24)12-6-5-11(19)9-13(12)20/h5-9H,10H2,1-4H3. The molecule has 3 aromatic rings. The molecule has 3 rings (SSSR count). The number of nitrogens with zero attached hydrogens (tertiary/aromatic N) is 3. The second kappa shape index (κ2) is 5.54. The molecule has 4 nitrogen and oxygen atoms in total. The average Bonchev–Trinajstić information content (AvgIpc) is 2.71. The summed E-state index contributed by atoms with van der Waals surface area (Å²) in [5, 5.41) is 0. The Bertz CT molecular complexity index is 980. The quantitative estimate of drug-likeness (QED) is 0.718. The van der Waals surface area contributed by atoms with Crippen LogP contribution in [0.4, 0.5) is 8.78 Å². The highest BCUT2D eigenvalue weighted by Crippen LogP contribution is 2.25. The maximum absolute atomic E-state index is 14.0. The third-order valence-electron chi connectivity index (χ3n) is 3.82. The lowest BCUT2D eigenvalue weighted by atomic mass is 9.97. The molecular formula is C18H19F2N3O. The van der Waals surface area contributed by atoms with Crippen LogP contribution in [0.5, 0.6) is 0 Å². The lowest BCUT2D eigenvalue weighted by Gasteiger charge is -2.18. The molecule has 6 heteroatoms. The smallest absolute Gasteiger partial charge is 0.290 e. The van der Waals surface area contributed by atoms with Crippen molar-refractivity contribution in [3.05, 3.63) is 52.5 Å². The average molecular weight is 331 g/mol. The first-order valence-electron chi connectivity index (χ1n) is 7.69. The Balaban J connectivity index is 2.19. The molecule has 1 aromatic carbocycles. The number of imidazole rings is 1. The minimum absolute atomic E-state index is 0.0696. The maximum Gasteiger partial charge on any atom is 0.330 e. The van der Waals surface area contributed by atoms with E-state index in [2.05, 4.69) is 4.98 Å². The van der Waals surface area contributed by atoms with Gasteiger partial charge >= 0.3 is 5.69 Å². The number of pyridine rings is 1. The zero-order valence-corrected chi connectivity index (χ0v) is 14.1. The van der Waals surface area contributed by atoms with Gasteiger partial charge in [-0.1, -0.05) is 20.8 Å². The Labute approximate surface area is 138 Å². The van der Waals surface area contributed by atoms with E-state index < -0.39 is 11.6 Å². The summed E-state index contributed by atoms with van der Waals surface area (Å²) in [6.45, 7) is 6.70. The molecule has 0 unspecified atom stereocenters. The fraction of sp³-hybridized carbons (Fsp3) is 0.333. The van der Waals surface area contributed by atoms with Crippen molar-refractivity contribution in [2.45, 2.75) is 27.3 Å². The van der Waals surface area contributed by atoms with Gasteiger partial charge in [0, 0.05) is 25.2 Å². The largest absolute Gasteiger partial charge is 0.330 e. The summed E-state index contributed by atoms with van der Waals surface area (Å²) in [6, 6.07) is 6.77. The van der Waals surface area contributed by atoms with Gasteiger partial charge in [-0.25, -0.2) is 18.6 Å². The van der Waals surface area contributed by atoms with Crippen molar-refractivity contribution in [2.75, 3.05) is 0 Å². The Kier molecular flexibility index (Phi) is 3.78. The molecule has 0 aliphatic heterocycles. The molecule has 0 fully saturated rings. The minimum atomic E-state index is -0.680. The number of fused-ring (bicyclic) bond motifs is 1. The molecule has 0 atom stereocenters. The fourth-order valence-electron chi connectivity index (χ4n) is 2.75. The molecule has 2 aromatic heterocycles. The SMILES string of the molecule is Cn1c(=O)n(CC(C)(C)C)c2ccc(-c3ccc(F)cc3F)nc21. The summed E-state index contributed by atoms with van der Waals surface area (Å²) in [5.41, 5.74) is 1.51. The van der Waals surface area contributed by atoms with Crippen molar-refractivity contribution in [3.8, 4) is 11.3 Å². The van der Waals surface area contributed by atoms with Crippen LogP contribution in [0.1, 0.15) is 20.8 Å². The molecule has 0 saturated carbocycles. The van der Waals surface area contributed by atoms with Crippen LogP contribution in [0.2, 0.25) is 0 Å². The van der Waals surface area contributed by atoms with Crippen molar-refractivity contribution in [1.29, 1.82) is 0 Å². The fourth-order valence-corrected chi connectivity index (χ4v) is 2.75. The van der Waals surface area contributed by atoms with Crippen molar-refractivity contribution in [2.24, 2.45) is 12.5 Å². The summed E-state index contributed by atoms with van der Waals surface area (Å²) >= 11 is 0. The van der Waals surface area contributed by atoms with Gasteiger partial charge in [-0.3, -0.25) is 9.13 Å². The highest BCUT2D eigenvalue weighted by Gasteiger charge is 2.19. The number of aromatic nitrogens is 3. The van der Waals surface area contributed by atoms with Gasteiger partial charge < -0.3 is 0 Å². The van der Waals surface area contributed by atoms with E-state index in [0.717, 1.165) is 6.07 Å². The van der Waals surface area contributed by atoms with Crippen LogP contribution in [-0.4, -0.2) is 14.1 Å². The van der Waals surface area contributed by atoms with Gasteiger partial charge in [0.2, 0.25) is 0 Å². The number of halogens is 2. The summed E-state index contributed by atoms with van der Waals surface area (Å²) < 4.78 is 30.2. The van der Waals surface area contributed by atoms with Crippen LogP contribution in [0.25, 0.3) is 22.4 Å². The second-order valence-corrected chi connectivity index (χ2v) is 7.15. The van der Waals surface area contributed by atoms with E-state index in [1.165, 1.54) is 16.7 Å². The molecule has 0 N–H and O–H groups in total. The molecule has 126 valence electrons. The van der Waals surface area contributed by atoms with Gasteiger partial charge in [0.1, 0.15) is 11.6 Å². The molecule has 2 heterocycles. The van der Waals surface area contributed by atoms with E-state index in [1.54, 1.807) is 23.7 Å². The Hall–Kier alpha value is -2.50. The van der Waals surface area contributed by atoms with E-state index in [9.17, 15) is 13.6 Å². The van der Waals surface area contributed by atoms with Crippen molar-refractivity contribution in [1.82, 2.24) is 14.1 Å². The number of rotatable bonds is 2. The number of aryl methyl sites for hydroxylation is 1. The summed E-state index contributed by atoms with van der Waals surface area (Å²) in [4.78, 5) is 16.9. The molecule has 0 saturated heterocycles. The van der Waals surface area contributed by atoms with Crippen LogP contribution in [0.15, 0.2) is 35.1 Å². The van der Waals surface area contributed by atoms with E-state index in [0.29, 0.717) is 23.4 Å². The molecule has 0 spiro atoms. The first-order chi connectivity index (χ1) is 11.2. The van der Waals surface area contributed by atoms with Crippen LogP contribution in [-0.2, 0) is 13.6 Å². The topological polar surface area (TPSA) is 39.8 Å². The monoisotopic (exact) mass is 331 g/mol. The molecule has 0 aliphatic carbocycles. The zero-order valence-electron chi connectivity index (χ0n) is 14.1. The highest BCUT2D eigenvalue weighted by atomic mass is 19.1. The van der Waals surface area contributed by atoms with Gasteiger partial charge in [-0.15, -0.1) is 0 Å². The van der Waals surface area contributed by atoms with Gasteiger partial charge in [0.15, 0.2) is 5.65 Å². The maximum atomic E-state index is 14.0. The lowest BCUT2D eigenvalue weighted by Crippen LogP contribution is -2.27. The Morgan fingerprint density at radius 3 is 2.46 bits per heavy atom. The molecule has 24 heavy (non-hydrogen) atoms. The molecule has 0 aliphatic rings. The van der Waals surface area contributed by atoms with E-state index in [-0.39, 0.29) is 16.7 Å². The minimum Gasteiger partial charge on any atom is -0.290 e. The Morgan fingerprint density at radius 2 is 1.83 bits per heavy atom. The van der Waals surface area contributed by atoms with Gasteiger partial charge in [0.25, 0.3) is 0 Å². The predicted molar refractivity (Wildman–Crippen MR) is 89.8 cm³/mol. The first kappa shape index (κ1) is 16.4. The van der Waals surface area contributed by atoms with Crippen molar-refractivity contribution < 1.29 is 8.78 Å². The summed E-state index contributed by atoms with van der Waals surface area (Å²) in [7, 11) is 1.64. The molecule has 0 radical (unpaired) electrons. The van der Waals surface area contributed by atoms with Crippen LogP contribution in [0, 0.1) is 17.0 Å². The number of benzene rings is 1. The van der Waals surface area contributed by atoms with E-state index in [1.807, 2.05) is 20.8 Å². The molecule has 0 amide bonds. The van der Waals surface area contributed by atoms with Gasteiger partial charge in [-0.2, -0.15) is 0 Å². The molecule has 0 bridgehead atoms. The van der Waals surface area contributed by atoms with Crippen LogP contribution < -0.4 is 5.69 Å². The second-order valence-electron chi connectivity index (χ2n) is 7.15. The zero-order chi connectivity index (χ0) is 17.6. The van der Waals surface area contributed by atoms with Crippen LogP contribution in [0.3, 0.4) is 0 Å². The summed E-state index contributed by atoms with van der Waals surface area (Å²) in [5.74, 6) is -1.32. The summed E-state index contributed by atoms with van der Waals surface area (Å²) in [6.07, 6.45) is 0. The van der Waals surface area contributed by atoms with Crippen molar-refractivity contribution in [3.63, 3.8) is 0 Å². The lowest BCUT2D eigenvalue weighted by molar-refractivity contribution is 0.342. The van der Waals surface area contributed by atoms with Gasteiger partial charge in [-0.05, 0) is 29.7 Å². The third kappa shape index (κ3) is 2.84. The number of hydrogen-bond donors (Lipinski definition) is 0. The number of hydrogen-bond acceptors (Lipinski definition) is 2. The Morgan fingerprint density at radius 1 is 1.12 bits per heavy atom. The van der Waals surface area contributed by atoms with Crippen LogP contribution >= 0.6 is 0 Å². The third-order valence-corrected chi connectivity index (χ3v) is 3.82. The predicted octanol–water partition coefficient (Wildman–Crippen LogP) is 3.73. The normalized spacial score (nSPS) is 12.1. The molecular weight excluding hydrogens is 312 g/mol. The van der Waals surface area contributed by atoms with E-state index >= 15 is 0 Å². The van der Waals surface area contributed by atoms with E-state index in [4.69, 9.17) is 0 Å². The highest BCUT2D eigenvalue weighted by molar-refractivity contribution is 5.76. The van der Waals surface area contributed by atoms with Gasteiger partial charge in [0.05, 0.1) is 11.2 Å². The first-order valence-corrected chi connectivity index (χ1v) is 7.69. The van der Waals surface area contributed by atoms with Crippen molar-refractivity contribution >= 4 is 11.2 Å².